The minimum Gasteiger partial charge on any atom is -0.326 e. The van der Waals surface area contributed by atoms with Crippen LogP contribution in [0.3, 0.4) is 0 Å². The minimum atomic E-state index is -3.33. The van der Waals surface area contributed by atoms with E-state index in [1.807, 2.05) is 6.26 Å². The number of hydrogen-bond donors (Lipinski definition) is 2. The molecule has 0 radical (unpaired) electrons. The van der Waals surface area contributed by atoms with Crippen LogP contribution < -0.4 is 10.5 Å². The summed E-state index contributed by atoms with van der Waals surface area (Å²) in [6.07, 6.45) is 3.95. The Morgan fingerprint density at radius 3 is 2.76 bits per heavy atom. The first-order valence-electron chi connectivity index (χ1n) is 5.37. The fraction of sp³-hybridized carbons (Fsp3) is 0.600. The maximum absolute atomic E-state index is 11.8. The van der Waals surface area contributed by atoms with Crippen molar-refractivity contribution in [2.45, 2.75) is 23.6 Å². The molecule has 0 atom stereocenters. The Labute approximate surface area is 111 Å². The number of thiophene rings is 1. The molecule has 1 heterocycles. The minimum absolute atomic E-state index is 0.350. The van der Waals surface area contributed by atoms with Crippen LogP contribution in [0.5, 0.6) is 0 Å². The van der Waals surface area contributed by atoms with Crippen molar-refractivity contribution in [2.24, 2.45) is 5.73 Å². The maximum Gasteiger partial charge on any atom is 0.250 e. The molecule has 1 aromatic rings. The molecule has 7 heteroatoms. The van der Waals surface area contributed by atoms with E-state index in [1.165, 1.54) is 11.3 Å². The van der Waals surface area contributed by atoms with E-state index in [4.69, 9.17) is 5.73 Å². The normalized spacial score (nSPS) is 11.9. The molecule has 1 rings (SSSR count). The molecule has 0 amide bonds. The third-order valence-corrected chi connectivity index (χ3v) is 5.93. The van der Waals surface area contributed by atoms with Crippen LogP contribution in [0.15, 0.2) is 16.3 Å². The van der Waals surface area contributed by atoms with E-state index in [-0.39, 0.29) is 0 Å². The van der Waals surface area contributed by atoms with Gasteiger partial charge in [-0.1, -0.05) is 0 Å². The summed E-state index contributed by atoms with van der Waals surface area (Å²) in [6, 6.07) is 3.37. The smallest absolute Gasteiger partial charge is 0.250 e. The van der Waals surface area contributed by atoms with E-state index in [2.05, 4.69) is 4.72 Å². The lowest BCUT2D eigenvalue weighted by Gasteiger charge is -2.03. The van der Waals surface area contributed by atoms with Crippen LogP contribution >= 0.6 is 23.1 Å². The molecule has 1 aromatic heterocycles. The number of rotatable bonds is 8. The summed E-state index contributed by atoms with van der Waals surface area (Å²) in [5.41, 5.74) is 5.45. The van der Waals surface area contributed by atoms with Gasteiger partial charge in [-0.15, -0.1) is 11.3 Å². The topological polar surface area (TPSA) is 72.2 Å². The fourth-order valence-corrected chi connectivity index (χ4v) is 4.11. The molecule has 0 spiro atoms. The highest BCUT2D eigenvalue weighted by Crippen LogP contribution is 2.20. The van der Waals surface area contributed by atoms with Gasteiger partial charge in [-0.3, -0.25) is 0 Å². The lowest BCUT2D eigenvalue weighted by atomic mass is 10.3. The van der Waals surface area contributed by atoms with Gasteiger partial charge in [-0.2, -0.15) is 11.8 Å². The Morgan fingerprint density at radius 1 is 1.41 bits per heavy atom. The van der Waals surface area contributed by atoms with E-state index < -0.39 is 10.0 Å². The number of thioether (sulfide) groups is 1. The SMILES string of the molecule is CSCCCCNS(=O)(=O)c1ccc(CN)s1. The van der Waals surface area contributed by atoms with Gasteiger partial charge in [0.1, 0.15) is 4.21 Å². The quantitative estimate of drug-likeness (QED) is 0.715. The van der Waals surface area contributed by atoms with E-state index >= 15 is 0 Å². The number of sulfonamides is 1. The molecule has 4 nitrogen and oxygen atoms in total. The van der Waals surface area contributed by atoms with Crippen LogP contribution in [0.25, 0.3) is 0 Å². The van der Waals surface area contributed by atoms with Crippen LogP contribution in [0, 0.1) is 0 Å². The highest BCUT2D eigenvalue weighted by molar-refractivity contribution is 7.98. The van der Waals surface area contributed by atoms with E-state index in [9.17, 15) is 8.42 Å². The Hall–Kier alpha value is -0.0800. The first-order chi connectivity index (χ1) is 8.10. The Morgan fingerprint density at radius 2 is 2.18 bits per heavy atom. The summed E-state index contributed by atoms with van der Waals surface area (Å²) < 4.78 is 26.6. The zero-order valence-electron chi connectivity index (χ0n) is 9.81. The molecule has 0 aliphatic heterocycles. The lowest BCUT2D eigenvalue weighted by molar-refractivity contribution is 0.580. The standard InChI is InChI=1S/C10H18N2O2S3/c1-15-7-3-2-6-12-17(13,14)10-5-4-9(8-11)16-10/h4-5,12H,2-3,6-8,11H2,1H3. The average molecular weight is 294 g/mol. The summed E-state index contributed by atoms with van der Waals surface area (Å²) in [6.45, 7) is 0.882. The summed E-state index contributed by atoms with van der Waals surface area (Å²) in [4.78, 5) is 0.882. The van der Waals surface area contributed by atoms with Crippen LogP contribution in [-0.2, 0) is 16.6 Å². The van der Waals surface area contributed by atoms with Crippen LogP contribution in [0.1, 0.15) is 17.7 Å². The highest BCUT2D eigenvalue weighted by Gasteiger charge is 2.15. The molecule has 0 aromatic carbocycles. The molecule has 0 aliphatic rings. The molecule has 0 fully saturated rings. The van der Waals surface area contributed by atoms with Crippen molar-refractivity contribution >= 4 is 33.1 Å². The van der Waals surface area contributed by atoms with Gasteiger partial charge in [0.2, 0.25) is 10.0 Å². The Kier molecular flexibility index (Phi) is 6.50. The van der Waals surface area contributed by atoms with Gasteiger partial charge in [0.15, 0.2) is 0 Å². The molecule has 0 aliphatic carbocycles. The van der Waals surface area contributed by atoms with Crippen LogP contribution in [0.4, 0.5) is 0 Å². The van der Waals surface area contributed by atoms with Crippen LogP contribution in [-0.4, -0.2) is 27.0 Å². The molecule has 0 saturated carbocycles. The van der Waals surface area contributed by atoms with Crippen molar-refractivity contribution in [3.8, 4) is 0 Å². The summed E-state index contributed by atoms with van der Waals surface area (Å²) in [7, 11) is -3.33. The molecule has 17 heavy (non-hydrogen) atoms. The third kappa shape index (κ3) is 4.97. The monoisotopic (exact) mass is 294 g/mol. The summed E-state index contributed by atoms with van der Waals surface area (Å²) in [5.74, 6) is 1.07. The second-order valence-electron chi connectivity index (χ2n) is 3.52. The van der Waals surface area contributed by atoms with Crippen molar-refractivity contribution < 1.29 is 8.42 Å². The Bertz CT molecular complexity index is 429. The van der Waals surface area contributed by atoms with Crippen molar-refractivity contribution in [1.82, 2.24) is 4.72 Å². The van der Waals surface area contributed by atoms with E-state index in [0.717, 1.165) is 23.5 Å². The van der Waals surface area contributed by atoms with Gasteiger partial charge < -0.3 is 5.73 Å². The van der Waals surface area contributed by atoms with Gasteiger partial charge in [0.25, 0.3) is 0 Å². The van der Waals surface area contributed by atoms with Crippen LogP contribution in [0.2, 0.25) is 0 Å². The van der Waals surface area contributed by atoms with Gasteiger partial charge in [0, 0.05) is 18.0 Å². The van der Waals surface area contributed by atoms with Gasteiger partial charge in [-0.25, -0.2) is 13.1 Å². The predicted molar refractivity (Wildman–Crippen MR) is 75.0 cm³/mol. The van der Waals surface area contributed by atoms with Gasteiger partial charge >= 0.3 is 0 Å². The molecular weight excluding hydrogens is 276 g/mol. The fourth-order valence-electron chi connectivity index (χ4n) is 1.26. The van der Waals surface area contributed by atoms with Gasteiger partial charge in [0.05, 0.1) is 0 Å². The first-order valence-corrected chi connectivity index (χ1v) is 9.07. The molecule has 3 N–H and O–H groups in total. The number of unbranched alkanes of at least 4 members (excludes halogenated alkanes) is 1. The molecule has 0 bridgehead atoms. The molecule has 0 saturated heterocycles. The summed E-state index contributed by atoms with van der Waals surface area (Å²) in [5, 5.41) is 0. The van der Waals surface area contributed by atoms with Crippen molar-refractivity contribution in [3.05, 3.63) is 17.0 Å². The maximum atomic E-state index is 11.8. The number of nitrogens with two attached hydrogens (primary N) is 1. The first kappa shape index (κ1) is 15.0. The second kappa shape index (κ2) is 7.38. The van der Waals surface area contributed by atoms with Crippen molar-refractivity contribution in [3.63, 3.8) is 0 Å². The molecule has 0 unspecified atom stereocenters. The molecule has 98 valence electrons. The Balaban J connectivity index is 2.45. The van der Waals surface area contributed by atoms with Crippen molar-refractivity contribution in [1.29, 1.82) is 0 Å². The molecular formula is C10H18N2O2S3. The van der Waals surface area contributed by atoms with Gasteiger partial charge in [-0.05, 0) is 37.0 Å². The summed E-state index contributed by atoms with van der Waals surface area (Å²) >= 11 is 3.00. The largest absolute Gasteiger partial charge is 0.326 e. The average Bonchev–Trinajstić information content (AvgIpc) is 2.78. The third-order valence-electron chi connectivity index (χ3n) is 2.17. The predicted octanol–water partition coefficient (Wildman–Crippen LogP) is 1.63. The number of hydrogen-bond acceptors (Lipinski definition) is 5. The highest BCUT2D eigenvalue weighted by atomic mass is 32.2. The van der Waals surface area contributed by atoms with E-state index in [1.54, 1.807) is 23.9 Å². The van der Waals surface area contributed by atoms with E-state index in [0.29, 0.717) is 17.3 Å². The zero-order valence-corrected chi connectivity index (χ0v) is 12.3. The number of nitrogens with one attached hydrogen (secondary N) is 1. The zero-order chi connectivity index (χ0) is 12.7. The van der Waals surface area contributed by atoms with Crippen molar-refractivity contribution in [2.75, 3.05) is 18.6 Å². The second-order valence-corrected chi connectivity index (χ2v) is 7.67. The lowest BCUT2D eigenvalue weighted by Crippen LogP contribution is -2.24.